The number of rotatable bonds is 1. The molecule has 1 heterocycles. The average Bonchev–Trinajstić information content (AvgIpc) is 2.01. The molecule has 0 amide bonds. The summed E-state index contributed by atoms with van der Waals surface area (Å²) in [4.78, 5) is 1.04. The standard InChI is InChI=1S/C7H9NOS2/c1-5-6(11-2)3-4-7(10)8(5)9/h3-4,9H,1-2H3. The molecule has 0 unspecified atom stereocenters. The first kappa shape index (κ1) is 8.62. The molecule has 1 N–H and O–H groups in total. The van der Waals surface area contributed by atoms with Crippen molar-refractivity contribution >= 4 is 24.0 Å². The molecule has 0 fully saturated rings. The Labute approximate surface area is 74.8 Å². The van der Waals surface area contributed by atoms with Gasteiger partial charge in [-0.2, -0.15) is 4.73 Å². The monoisotopic (exact) mass is 187 g/mol. The van der Waals surface area contributed by atoms with Crippen LogP contribution in [0.5, 0.6) is 0 Å². The lowest BCUT2D eigenvalue weighted by Gasteiger charge is -2.05. The van der Waals surface area contributed by atoms with Gasteiger partial charge in [0, 0.05) is 4.90 Å². The van der Waals surface area contributed by atoms with Gasteiger partial charge in [0.2, 0.25) is 0 Å². The molecule has 0 radical (unpaired) electrons. The number of hydrogen-bond donors (Lipinski definition) is 1. The third kappa shape index (κ3) is 1.57. The van der Waals surface area contributed by atoms with Crippen LogP contribution in [0, 0.1) is 11.6 Å². The van der Waals surface area contributed by atoms with Crippen LogP contribution in [0.15, 0.2) is 17.0 Å². The van der Waals surface area contributed by atoms with Gasteiger partial charge in [-0.05, 0) is 25.3 Å². The summed E-state index contributed by atoms with van der Waals surface area (Å²) in [6, 6.07) is 3.63. The second kappa shape index (κ2) is 3.28. The molecular weight excluding hydrogens is 178 g/mol. The summed E-state index contributed by atoms with van der Waals surface area (Å²) in [6.45, 7) is 1.83. The normalized spacial score (nSPS) is 10.0. The van der Waals surface area contributed by atoms with Crippen LogP contribution in [0.25, 0.3) is 0 Å². The third-order valence-corrected chi connectivity index (χ3v) is 2.66. The van der Waals surface area contributed by atoms with Gasteiger partial charge in [-0.15, -0.1) is 11.8 Å². The molecule has 0 saturated carbocycles. The average molecular weight is 187 g/mol. The van der Waals surface area contributed by atoms with Gasteiger partial charge in [0.25, 0.3) is 0 Å². The minimum absolute atomic E-state index is 0.445. The zero-order valence-electron chi connectivity index (χ0n) is 6.37. The fourth-order valence-corrected chi connectivity index (χ4v) is 1.61. The topological polar surface area (TPSA) is 25.2 Å². The van der Waals surface area contributed by atoms with Crippen molar-refractivity contribution in [3.05, 3.63) is 22.5 Å². The quantitative estimate of drug-likeness (QED) is 0.415. The molecule has 0 saturated heterocycles. The van der Waals surface area contributed by atoms with Crippen molar-refractivity contribution in [1.29, 1.82) is 0 Å². The molecule has 11 heavy (non-hydrogen) atoms. The minimum Gasteiger partial charge on any atom is -0.427 e. The van der Waals surface area contributed by atoms with Crippen LogP contribution in [-0.2, 0) is 0 Å². The van der Waals surface area contributed by atoms with Crippen molar-refractivity contribution in [1.82, 2.24) is 4.73 Å². The highest BCUT2D eigenvalue weighted by atomic mass is 32.2. The molecule has 4 heteroatoms. The fraction of sp³-hybridized carbons (Fsp3) is 0.286. The smallest absolute Gasteiger partial charge is 0.142 e. The molecule has 0 aliphatic rings. The zero-order valence-corrected chi connectivity index (χ0v) is 8.00. The summed E-state index contributed by atoms with van der Waals surface area (Å²) >= 11 is 6.44. The summed E-state index contributed by atoms with van der Waals surface area (Å²) in [5, 5.41) is 9.32. The second-order valence-electron chi connectivity index (χ2n) is 2.14. The van der Waals surface area contributed by atoms with E-state index in [0.29, 0.717) is 4.64 Å². The zero-order chi connectivity index (χ0) is 8.43. The van der Waals surface area contributed by atoms with E-state index in [1.54, 1.807) is 17.8 Å². The lowest BCUT2D eigenvalue weighted by molar-refractivity contribution is 0.171. The van der Waals surface area contributed by atoms with Crippen molar-refractivity contribution in [2.24, 2.45) is 0 Å². The van der Waals surface area contributed by atoms with E-state index in [4.69, 9.17) is 12.2 Å². The highest BCUT2D eigenvalue weighted by Gasteiger charge is 1.99. The molecule has 0 spiro atoms. The van der Waals surface area contributed by atoms with Gasteiger partial charge in [0.1, 0.15) is 4.64 Å². The van der Waals surface area contributed by atoms with Crippen molar-refractivity contribution in [3.63, 3.8) is 0 Å². The Hall–Kier alpha value is -0.480. The predicted molar refractivity (Wildman–Crippen MR) is 49.0 cm³/mol. The molecule has 2 nitrogen and oxygen atoms in total. The first-order valence-electron chi connectivity index (χ1n) is 3.12. The molecule has 0 aliphatic heterocycles. The Balaban J connectivity index is 3.37. The lowest BCUT2D eigenvalue weighted by atomic mass is 10.4. The Bertz CT molecular complexity index is 319. The van der Waals surface area contributed by atoms with Crippen LogP contribution in [0.1, 0.15) is 5.69 Å². The van der Waals surface area contributed by atoms with E-state index in [0.717, 1.165) is 15.3 Å². The number of pyridine rings is 1. The van der Waals surface area contributed by atoms with Gasteiger partial charge in [-0.3, -0.25) is 0 Å². The summed E-state index contributed by atoms with van der Waals surface area (Å²) in [5.41, 5.74) is 0.796. The van der Waals surface area contributed by atoms with Gasteiger partial charge >= 0.3 is 0 Å². The van der Waals surface area contributed by atoms with Gasteiger partial charge in [0.15, 0.2) is 0 Å². The lowest BCUT2D eigenvalue weighted by Crippen LogP contribution is -1.99. The first-order chi connectivity index (χ1) is 5.16. The number of thioether (sulfide) groups is 1. The van der Waals surface area contributed by atoms with Crippen LogP contribution in [0.3, 0.4) is 0 Å². The molecule has 60 valence electrons. The molecule has 0 aliphatic carbocycles. The van der Waals surface area contributed by atoms with E-state index < -0.39 is 0 Å². The predicted octanol–water partition coefficient (Wildman–Crippen LogP) is 2.49. The van der Waals surface area contributed by atoms with E-state index >= 15 is 0 Å². The van der Waals surface area contributed by atoms with Crippen LogP contribution in [0.4, 0.5) is 0 Å². The van der Waals surface area contributed by atoms with E-state index in [2.05, 4.69) is 0 Å². The van der Waals surface area contributed by atoms with Crippen molar-refractivity contribution in [2.75, 3.05) is 6.26 Å². The van der Waals surface area contributed by atoms with Gasteiger partial charge < -0.3 is 5.21 Å². The van der Waals surface area contributed by atoms with Gasteiger partial charge in [-0.1, -0.05) is 12.2 Å². The first-order valence-corrected chi connectivity index (χ1v) is 4.76. The Morgan fingerprint density at radius 2 is 2.18 bits per heavy atom. The third-order valence-electron chi connectivity index (χ3n) is 1.48. The van der Waals surface area contributed by atoms with Crippen molar-refractivity contribution in [3.8, 4) is 0 Å². The number of hydrogen-bond acceptors (Lipinski definition) is 3. The molecule has 0 bridgehead atoms. The number of aromatic nitrogens is 1. The minimum atomic E-state index is 0.445. The fourth-order valence-electron chi connectivity index (χ4n) is 0.824. The van der Waals surface area contributed by atoms with E-state index in [1.807, 2.05) is 19.2 Å². The SMILES string of the molecule is CSc1ccc(=S)n(O)c1C. The van der Waals surface area contributed by atoms with Gasteiger partial charge in [-0.25, -0.2) is 0 Å². The van der Waals surface area contributed by atoms with E-state index in [1.165, 1.54) is 0 Å². The van der Waals surface area contributed by atoms with Crippen LogP contribution >= 0.6 is 24.0 Å². The van der Waals surface area contributed by atoms with Crippen molar-refractivity contribution in [2.45, 2.75) is 11.8 Å². The summed E-state index contributed by atoms with van der Waals surface area (Å²) in [5.74, 6) is 0. The summed E-state index contributed by atoms with van der Waals surface area (Å²) < 4.78 is 1.47. The van der Waals surface area contributed by atoms with Crippen LogP contribution in [0.2, 0.25) is 0 Å². The number of nitrogens with zero attached hydrogens (tertiary/aromatic N) is 1. The molecule has 1 aromatic rings. The largest absolute Gasteiger partial charge is 0.427 e. The second-order valence-corrected chi connectivity index (χ2v) is 3.40. The van der Waals surface area contributed by atoms with Crippen LogP contribution in [-0.4, -0.2) is 16.2 Å². The summed E-state index contributed by atoms with van der Waals surface area (Å²) in [7, 11) is 0. The highest BCUT2D eigenvalue weighted by Crippen LogP contribution is 2.18. The van der Waals surface area contributed by atoms with Gasteiger partial charge in [0.05, 0.1) is 5.69 Å². The molecular formula is C7H9NOS2. The maximum Gasteiger partial charge on any atom is 0.142 e. The molecule has 0 aromatic carbocycles. The van der Waals surface area contributed by atoms with E-state index in [9.17, 15) is 5.21 Å². The summed E-state index contributed by atoms with van der Waals surface area (Å²) in [6.07, 6.45) is 1.96. The molecule has 1 rings (SSSR count). The Morgan fingerprint density at radius 3 is 2.73 bits per heavy atom. The Kier molecular flexibility index (Phi) is 2.57. The van der Waals surface area contributed by atoms with Crippen molar-refractivity contribution < 1.29 is 5.21 Å². The maximum atomic E-state index is 9.32. The highest BCUT2D eigenvalue weighted by molar-refractivity contribution is 7.98. The molecule has 0 atom stereocenters. The van der Waals surface area contributed by atoms with E-state index in [-0.39, 0.29) is 0 Å². The Morgan fingerprint density at radius 1 is 1.55 bits per heavy atom. The molecule has 1 aromatic heterocycles. The maximum absolute atomic E-state index is 9.32. The van der Waals surface area contributed by atoms with Crippen LogP contribution < -0.4 is 0 Å².